The molecule has 0 radical (unpaired) electrons. The van der Waals surface area contributed by atoms with Crippen molar-refractivity contribution < 1.29 is 4.74 Å². The monoisotopic (exact) mass is 254 g/mol. The summed E-state index contributed by atoms with van der Waals surface area (Å²) in [4.78, 5) is 2.43. The lowest BCUT2D eigenvalue weighted by molar-refractivity contribution is 0.199. The fourth-order valence-corrected chi connectivity index (χ4v) is 2.41. The van der Waals surface area contributed by atoms with Crippen molar-refractivity contribution in [2.24, 2.45) is 0 Å². The molecule has 1 fully saturated rings. The minimum atomic E-state index is 0.556. The number of hydrogen-bond donors (Lipinski definition) is 1. The van der Waals surface area contributed by atoms with Crippen molar-refractivity contribution >= 4 is 11.6 Å². The Labute approximate surface area is 108 Å². The number of halogens is 1. The molecule has 4 heteroatoms. The molecule has 94 valence electrons. The highest BCUT2D eigenvalue weighted by Crippen LogP contribution is 2.23. The van der Waals surface area contributed by atoms with Gasteiger partial charge in [0.05, 0.1) is 7.11 Å². The SMILES string of the molecule is COc1ccc(CN2CCN[C@H](C)C2)c(Cl)c1. The van der Waals surface area contributed by atoms with Crippen LogP contribution >= 0.6 is 11.6 Å². The third kappa shape index (κ3) is 3.35. The third-order valence-electron chi connectivity index (χ3n) is 3.11. The van der Waals surface area contributed by atoms with Crippen molar-refractivity contribution in [3.05, 3.63) is 28.8 Å². The molecule has 0 bridgehead atoms. The molecule has 1 aromatic rings. The highest BCUT2D eigenvalue weighted by molar-refractivity contribution is 6.31. The number of benzene rings is 1. The first kappa shape index (κ1) is 12.7. The summed E-state index contributed by atoms with van der Waals surface area (Å²) < 4.78 is 5.15. The first-order valence-electron chi connectivity index (χ1n) is 5.97. The van der Waals surface area contributed by atoms with Crippen LogP contribution in [0.1, 0.15) is 12.5 Å². The molecule has 1 aliphatic heterocycles. The summed E-state index contributed by atoms with van der Waals surface area (Å²) in [7, 11) is 1.66. The van der Waals surface area contributed by atoms with Gasteiger partial charge in [-0.15, -0.1) is 0 Å². The van der Waals surface area contributed by atoms with Crippen LogP contribution in [0.15, 0.2) is 18.2 Å². The first-order chi connectivity index (χ1) is 8.19. The van der Waals surface area contributed by atoms with Gasteiger partial charge in [0.25, 0.3) is 0 Å². The van der Waals surface area contributed by atoms with Gasteiger partial charge in [0.15, 0.2) is 0 Å². The average molecular weight is 255 g/mol. The maximum Gasteiger partial charge on any atom is 0.120 e. The van der Waals surface area contributed by atoms with Gasteiger partial charge in [-0.1, -0.05) is 17.7 Å². The van der Waals surface area contributed by atoms with Gasteiger partial charge in [0.1, 0.15) is 5.75 Å². The summed E-state index contributed by atoms with van der Waals surface area (Å²) in [6.07, 6.45) is 0. The zero-order valence-electron chi connectivity index (χ0n) is 10.4. The first-order valence-corrected chi connectivity index (χ1v) is 6.35. The Kier molecular flexibility index (Phi) is 4.26. The molecule has 0 unspecified atom stereocenters. The second kappa shape index (κ2) is 5.71. The van der Waals surface area contributed by atoms with Crippen LogP contribution in [0.3, 0.4) is 0 Å². The van der Waals surface area contributed by atoms with Crippen molar-refractivity contribution in [1.82, 2.24) is 10.2 Å². The number of nitrogens with zero attached hydrogens (tertiary/aromatic N) is 1. The lowest BCUT2D eigenvalue weighted by atomic mass is 10.1. The number of nitrogens with one attached hydrogen (secondary N) is 1. The lowest BCUT2D eigenvalue weighted by Gasteiger charge is -2.32. The Morgan fingerprint density at radius 2 is 2.35 bits per heavy atom. The highest BCUT2D eigenvalue weighted by atomic mass is 35.5. The van der Waals surface area contributed by atoms with Crippen molar-refractivity contribution in [1.29, 1.82) is 0 Å². The van der Waals surface area contributed by atoms with E-state index in [2.05, 4.69) is 17.1 Å². The van der Waals surface area contributed by atoms with Gasteiger partial charge in [-0.2, -0.15) is 0 Å². The van der Waals surface area contributed by atoms with Gasteiger partial charge in [0.2, 0.25) is 0 Å². The molecule has 0 aliphatic carbocycles. The maximum absolute atomic E-state index is 6.24. The zero-order chi connectivity index (χ0) is 12.3. The van der Waals surface area contributed by atoms with Gasteiger partial charge in [-0.05, 0) is 24.6 Å². The highest BCUT2D eigenvalue weighted by Gasteiger charge is 2.16. The molecule has 3 nitrogen and oxygen atoms in total. The normalized spacial score (nSPS) is 21.5. The standard InChI is InChI=1S/C13H19ClN2O/c1-10-8-16(6-5-15-10)9-11-3-4-12(17-2)7-13(11)14/h3-4,7,10,15H,5-6,8-9H2,1-2H3/t10-/m1/s1. The van der Waals surface area contributed by atoms with E-state index in [4.69, 9.17) is 16.3 Å². The van der Waals surface area contributed by atoms with Crippen LogP contribution in [0.25, 0.3) is 0 Å². The summed E-state index contributed by atoms with van der Waals surface area (Å²) in [5, 5.41) is 4.22. The van der Waals surface area contributed by atoms with Crippen LogP contribution in [0, 0.1) is 0 Å². The number of hydrogen-bond acceptors (Lipinski definition) is 3. The number of ether oxygens (including phenoxy) is 1. The van der Waals surface area contributed by atoms with Crippen LogP contribution in [0.5, 0.6) is 5.75 Å². The van der Waals surface area contributed by atoms with E-state index in [0.717, 1.165) is 37.0 Å². The van der Waals surface area contributed by atoms with E-state index >= 15 is 0 Å². The summed E-state index contributed by atoms with van der Waals surface area (Å²) >= 11 is 6.24. The predicted molar refractivity (Wildman–Crippen MR) is 70.7 cm³/mol. The Bertz CT molecular complexity index is 384. The molecular formula is C13H19ClN2O. The van der Waals surface area contributed by atoms with Crippen LogP contribution in [-0.4, -0.2) is 37.7 Å². The molecule has 1 aromatic carbocycles. The van der Waals surface area contributed by atoms with Crippen LogP contribution in [0.2, 0.25) is 5.02 Å². The average Bonchev–Trinajstić information content (AvgIpc) is 2.32. The van der Waals surface area contributed by atoms with E-state index in [9.17, 15) is 0 Å². The number of piperazine rings is 1. The Morgan fingerprint density at radius 1 is 1.53 bits per heavy atom. The summed E-state index contributed by atoms with van der Waals surface area (Å²) in [5.74, 6) is 0.812. The summed E-state index contributed by atoms with van der Waals surface area (Å²) in [6.45, 7) is 6.32. The number of methoxy groups -OCH3 is 1. The zero-order valence-corrected chi connectivity index (χ0v) is 11.1. The second-order valence-corrected chi connectivity index (χ2v) is 4.95. The van der Waals surface area contributed by atoms with Gasteiger partial charge in [-0.3, -0.25) is 4.90 Å². The molecule has 0 spiro atoms. The van der Waals surface area contributed by atoms with E-state index in [1.54, 1.807) is 7.11 Å². The molecule has 1 atom stereocenters. The molecule has 1 aliphatic rings. The predicted octanol–water partition coefficient (Wildman–Crippen LogP) is 2.14. The smallest absolute Gasteiger partial charge is 0.120 e. The molecule has 2 rings (SSSR count). The van der Waals surface area contributed by atoms with Gasteiger partial charge >= 0.3 is 0 Å². The van der Waals surface area contributed by atoms with Crippen molar-refractivity contribution in [2.45, 2.75) is 19.5 Å². The molecule has 0 amide bonds. The minimum absolute atomic E-state index is 0.556. The Hall–Kier alpha value is -0.770. The quantitative estimate of drug-likeness (QED) is 0.895. The van der Waals surface area contributed by atoms with E-state index in [1.807, 2.05) is 18.2 Å². The van der Waals surface area contributed by atoms with E-state index < -0.39 is 0 Å². The minimum Gasteiger partial charge on any atom is -0.497 e. The van der Waals surface area contributed by atoms with Gasteiger partial charge < -0.3 is 10.1 Å². The van der Waals surface area contributed by atoms with E-state index in [-0.39, 0.29) is 0 Å². The maximum atomic E-state index is 6.24. The molecule has 1 heterocycles. The Balaban J connectivity index is 2.02. The lowest BCUT2D eigenvalue weighted by Crippen LogP contribution is -2.48. The molecule has 0 saturated carbocycles. The van der Waals surface area contributed by atoms with Gasteiger partial charge in [-0.25, -0.2) is 0 Å². The van der Waals surface area contributed by atoms with Crippen molar-refractivity contribution in [2.75, 3.05) is 26.7 Å². The summed E-state index contributed by atoms with van der Waals surface area (Å²) in [5.41, 5.74) is 1.17. The largest absolute Gasteiger partial charge is 0.497 e. The van der Waals surface area contributed by atoms with E-state index in [1.165, 1.54) is 5.56 Å². The van der Waals surface area contributed by atoms with Crippen molar-refractivity contribution in [3.8, 4) is 5.75 Å². The van der Waals surface area contributed by atoms with Crippen molar-refractivity contribution in [3.63, 3.8) is 0 Å². The Morgan fingerprint density at radius 3 is 3.00 bits per heavy atom. The number of rotatable bonds is 3. The second-order valence-electron chi connectivity index (χ2n) is 4.55. The van der Waals surface area contributed by atoms with Crippen LogP contribution < -0.4 is 10.1 Å². The molecule has 0 aromatic heterocycles. The molecule has 1 saturated heterocycles. The van der Waals surface area contributed by atoms with E-state index in [0.29, 0.717) is 6.04 Å². The van der Waals surface area contributed by atoms with Crippen LogP contribution in [0.4, 0.5) is 0 Å². The molecular weight excluding hydrogens is 236 g/mol. The fraction of sp³-hybridized carbons (Fsp3) is 0.538. The van der Waals surface area contributed by atoms with Gasteiger partial charge in [0, 0.05) is 37.2 Å². The molecule has 17 heavy (non-hydrogen) atoms. The third-order valence-corrected chi connectivity index (χ3v) is 3.46. The molecule has 1 N–H and O–H groups in total. The fourth-order valence-electron chi connectivity index (χ4n) is 2.18. The topological polar surface area (TPSA) is 24.5 Å². The van der Waals surface area contributed by atoms with Crippen LogP contribution in [-0.2, 0) is 6.54 Å². The summed E-state index contributed by atoms with van der Waals surface area (Å²) in [6, 6.07) is 6.45.